The van der Waals surface area contributed by atoms with E-state index in [-0.39, 0.29) is 0 Å². The van der Waals surface area contributed by atoms with Gasteiger partial charge in [0.05, 0.1) is 5.02 Å². The summed E-state index contributed by atoms with van der Waals surface area (Å²) in [6, 6.07) is 9.40. The van der Waals surface area contributed by atoms with Crippen LogP contribution in [0, 0.1) is 20.8 Å². The number of hydrogen-bond acceptors (Lipinski definition) is 4. The number of rotatable bonds is 3. The Balaban J connectivity index is 2.03. The van der Waals surface area contributed by atoms with E-state index in [1.807, 2.05) is 51.1 Å². The van der Waals surface area contributed by atoms with Crippen LogP contribution in [0.15, 0.2) is 42.7 Å². The lowest BCUT2D eigenvalue weighted by Gasteiger charge is -2.12. The first kappa shape index (κ1) is 15.4. The van der Waals surface area contributed by atoms with Crippen LogP contribution in [0.25, 0.3) is 11.4 Å². The third-order valence-electron chi connectivity index (χ3n) is 3.58. The van der Waals surface area contributed by atoms with Gasteiger partial charge in [-0.05, 0) is 50.6 Å². The molecule has 0 saturated carbocycles. The van der Waals surface area contributed by atoms with Gasteiger partial charge in [-0.1, -0.05) is 17.7 Å². The minimum absolute atomic E-state index is 0.509. The van der Waals surface area contributed by atoms with E-state index in [0.29, 0.717) is 22.5 Å². The molecule has 0 aliphatic carbocycles. The average molecular weight is 326 g/mol. The fraction of sp³-hybridized carbons (Fsp3) is 0.167. The zero-order valence-electron chi connectivity index (χ0n) is 13.2. The van der Waals surface area contributed by atoms with Crippen molar-refractivity contribution in [1.29, 1.82) is 0 Å². The van der Waals surface area contributed by atoms with E-state index in [4.69, 9.17) is 16.3 Å². The molecule has 23 heavy (non-hydrogen) atoms. The van der Waals surface area contributed by atoms with Gasteiger partial charge < -0.3 is 4.74 Å². The molecule has 0 spiro atoms. The number of benzene rings is 1. The van der Waals surface area contributed by atoms with E-state index in [0.717, 1.165) is 22.4 Å². The van der Waals surface area contributed by atoms with Crippen LogP contribution >= 0.6 is 11.6 Å². The van der Waals surface area contributed by atoms with Gasteiger partial charge in [0.25, 0.3) is 0 Å². The number of aryl methyl sites for hydroxylation is 2. The van der Waals surface area contributed by atoms with Crippen LogP contribution in [-0.4, -0.2) is 15.0 Å². The second-order valence-electron chi connectivity index (χ2n) is 5.33. The van der Waals surface area contributed by atoms with Crippen molar-refractivity contribution in [1.82, 2.24) is 15.0 Å². The predicted molar refractivity (Wildman–Crippen MR) is 91.0 cm³/mol. The van der Waals surface area contributed by atoms with Crippen molar-refractivity contribution >= 4 is 11.6 Å². The number of halogens is 1. The highest BCUT2D eigenvalue weighted by Crippen LogP contribution is 2.32. The quantitative estimate of drug-likeness (QED) is 0.686. The van der Waals surface area contributed by atoms with Gasteiger partial charge in [0.15, 0.2) is 5.82 Å². The van der Waals surface area contributed by atoms with Crippen LogP contribution in [0.5, 0.6) is 11.6 Å². The van der Waals surface area contributed by atoms with Crippen LogP contribution in [-0.2, 0) is 0 Å². The Bertz CT molecular complexity index is 850. The van der Waals surface area contributed by atoms with Crippen molar-refractivity contribution in [2.75, 3.05) is 0 Å². The fourth-order valence-electron chi connectivity index (χ4n) is 2.12. The average Bonchev–Trinajstić information content (AvgIpc) is 2.55. The zero-order chi connectivity index (χ0) is 16.4. The molecule has 2 heterocycles. The Morgan fingerprint density at radius 3 is 2.39 bits per heavy atom. The number of ether oxygens (including phenoxy) is 1. The molecule has 0 aliphatic rings. The fourth-order valence-corrected chi connectivity index (χ4v) is 2.40. The Labute approximate surface area is 140 Å². The second-order valence-corrected chi connectivity index (χ2v) is 5.74. The topological polar surface area (TPSA) is 47.9 Å². The van der Waals surface area contributed by atoms with Crippen LogP contribution in [0.4, 0.5) is 0 Å². The van der Waals surface area contributed by atoms with Crippen molar-refractivity contribution in [3.05, 3.63) is 64.6 Å². The van der Waals surface area contributed by atoms with Crippen LogP contribution in [0.1, 0.15) is 16.8 Å². The lowest BCUT2D eigenvalue weighted by molar-refractivity contribution is 0.457. The molecular formula is C18H16ClN3O. The molecule has 0 radical (unpaired) electrons. The molecule has 0 N–H and O–H groups in total. The van der Waals surface area contributed by atoms with E-state index in [2.05, 4.69) is 15.0 Å². The Kier molecular flexibility index (Phi) is 4.26. The van der Waals surface area contributed by atoms with E-state index in [1.54, 1.807) is 12.4 Å². The van der Waals surface area contributed by atoms with Gasteiger partial charge >= 0.3 is 0 Å². The summed E-state index contributed by atoms with van der Waals surface area (Å²) in [6.45, 7) is 5.85. The first-order chi connectivity index (χ1) is 11.0. The van der Waals surface area contributed by atoms with Crippen LogP contribution < -0.4 is 4.74 Å². The molecular weight excluding hydrogens is 310 g/mol. The van der Waals surface area contributed by atoms with E-state index in [1.165, 1.54) is 0 Å². The first-order valence-corrected chi connectivity index (χ1v) is 7.62. The van der Waals surface area contributed by atoms with E-state index < -0.39 is 0 Å². The summed E-state index contributed by atoms with van der Waals surface area (Å²) in [4.78, 5) is 13.1. The molecule has 0 bridgehead atoms. The second kappa shape index (κ2) is 6.34. The van der Waals surface area contributed by atoms with Gasteiger partial charge in [0.2, 0.25) is 5.88 Å². The lowest BCUT2D eigenvalue weighted by atomic mass is 10.2. The summed E-state index contributed by atoms with van der Waals surface area (Å²) < 4.78 is 5.94. The monoisotopic (exact) mass is 325 g/mol. The molecule has 3 rings (SSSR count). The Hall–Kier alpha value is -2.46. The van der Waals surface area contributed by atoms with Gasteiger partial charge in [-0.3, -0.25) is 4.98 Å². The SMILES string of the molecule is Cc1ccc(Oc2nc(-c3ccncc3)nc(C)c2C)c(Cl)c1. The van der Waals surface area contributed by atoms with Crippen molar-refractivity contribution in [3.63, 3.8) is 0 Å². The van der Waals surface area contributed by atoms with Crippen molar-refractivity contribution in [2.45, 2.75) is 20.8 Å². The van der Waals surface area contributed by atoms with Crippen molar-refractivity contribution in [2.24, 2.45) is 0 Å². The Morgan fingerprint density at radius 1 is 0.957 bits per heavy atom. The number of hydrogen-bond donors (Lipinski definition) is 0. The number of pyridine rings is 1. The molecule has 0 saturated heterocycles. The predicted octanol–water partition coefficient (Wildman–Crippen LogP) is 4.91. The third-order valence-corrected chi connectivity index (χ3v) is 3.87. The van der Waals surface area contributed by atoms with Gasteiger partial charge in [-0.15, -0.1) is 0 Å². The third kappa shape index (κ3) is 3.32. The highest BCUT2D eigenvalue weighted by Gasteiger charge is 2.13. The van der Waals surface area contributed by atoms with Crippen molar-refractivity contribution < 1.29 is 4.74 Å². The van der Waals surface area contributed by atoms with Gasteiger partial charge in [-0.25, -0.2) is 4.98 Å². The lowest BCUT2D eigenvalue weighted by Crippen LogP contribution is -2.00. The highest BCUT2D eigenvalue weighted by molar-refractivity contribution is 6.32. The highest BCUT2D eigenvalue weighted by atomic mass is 35.5. The number of aromatic nitrogens is 3. The maximum Gasteiger partial charge on any atom is 0.226 e. The van der Waals surface area contributed by atoms with Gasteiger partial charge in [0.1, 0.15) is 5.75 Å². The summed E-state index contributed by atoms with van der Waals surface area (Å²) in [5.41, 5.74) is 3.72. The summed E-state index contributed by atoms with van der Waals surface area (Å²) >= 11 is 6.25. The molecule has 3 aromatic rings. The summed E-state index contributed by atoms with van der Waals surface area (Å²) in [7, 11) is 0. The molecule has 5 heteroatoms. The minimum Gasteiger partial charge on any atom is -0.437 e. The molecule has 0 atom stereocenters. The van der Waals surface area contributed by atoms with Crippen LogP contribution in [0.3, 0.4) is 0 Å². The van der Waals surface area contributed by atoms with Gasteiger partial charge in [0, 0.05) is 29.2 Å². The molecule has 0 amide bonds. The maximum atomic E-state index is 6.25. The van der Waals surface area contributed by atoms with E-state index >= 15 is 0 Å². The molecule has 1 aromatic carbocycles. The smallest absolute Gasteiger partial charge is 0.226 e. The Morgan fingerprint density at radius 2 is 1.70 bits per heavy atom. The first-order valence-electron chi connectivity index (χ1n) is 7.24. The summed E-state index contributed by atoms with van der Waals surface area (Å²) in [6.07, 6.45) is 3.43. The van der Waals surface area contributed by atoms with E-state index in [9.17, 15) is 0 Å². The molecule has 0 fully saturated rings. The molecule has 0 unspecified atom stereocenters. The normalized spacial score (nSPS) is 10.6. The number of nitrogens with zero attached hydrogens (tertiary/aromatic N) is 3. The molecule has 4 nitrogen and oxygen atoms in total. The largest absolute Gasteiger partial charge is 0.437 e. The van der Waals surface area contributed by atoms with Crippen molar-refractivity contribution in [3.8, 4) is 23.0 Å². The molecule has 116 valence electrons. The molecule has 2 aromatic heterocycles. The minimum atomic E-state index is 0.509. The maximum absolute atomic E-state index is 6.25. The zero-order valence-corrected chi connectivity index (χ0v) is 13.9. The summed E-state index contributed by atoms with van der Waals surface area (Å²) in [5.74, 6) is 1.70. The standard InChI is InChI=1S/C18H16ClN3O/c1-11-4-5-16(15(19)10-11)23-18-12(2)13(3)21-17(22-18)14-6-8-20-9-7-14/h4-10H,1-3H3. The summed E-state index contributed by atoms with van der Waals surface area (Å²) in [5, 5.41) is 0.561. The van der Waals surface area contributed by atoms with Gasteiger partial charge in [-0.2, -0.15) is 4.98 Å². The molecule has 0 aliphatic heterocycles. The van der Waals surface area contributed by atoms with Crippen LogP contribution in [0.2, 0.25) is 5.02 Å².